The van der Waals surface area contributed by atoms with Crippen LogP contribution in [0.2, 0.25) is 0 Å². The molecule has 5 heteroatoms. The first-order chi connectivity index (χ1) is 9.99. The van der Waals surface area contributed by atoms with E-state index >= 15 is 0 Å². The molecule has 0 saturated carbocycles. The molecule has 0 saturated heterocycles. The molecular formula is C16H13BrF2O2. The molecule has 0 aliphatic heterocycles. The minimum absolute atomic E-state index is 0.0912. The molecule has 2 nitrogen and oxygen atoms in total. The average Bonchev–Trinajstić information content (AvgIpc) is 2.48. The number of benzene rings is 2. The van der Waals surface area contributed by atoms with Crippen LogP contribution in [-0.2, 0) is 11.3 Å². The highest BCUT2D eigenvalue weighted by Gasteiger charge is 2.17. The summed E-state index contributed by atoms with van der Waals surface area (Å²) in [5.74, 6) is -2.41. The summed E-state index contributed by atoms with van der Waals surface area (Å²) in [5, 5.41) is 0. The van der Waals surface area contributed by atoms with Crippen molar-refractivity contribution in [3.8, 4) is 0 Å². The zero-order chi connectivity index (χ0) is 15.4. The van der Waals surface area contributed by atoms with Gasteiger partial charge in [-0.3, -0.25) is 4.79 Å². The van der Waals surface area contributed by atoms with Gasteiger partial charge in [0.15, 0.2) is 17.4 Å². The van der Waals surface area contributed by atoms with Gasteiger partial charge < -0.3 is 4.74 Å². The first kappa shape index (κ1) is 15.8. The van der Waals surface area contributed by atoms with Gasteiger partial charge in [-0.2, -0.15) is 0 Å². The fourth-order valence-corrected chi connectivity index (χ4v) is 2.19. The molecule has 2 rings (SSSR count). The first-order valence-electron chi connectivity index (χ1n) is 6.33. The van der Waals surface area contributed by atoms with Crippen molar-refractivity contribution in [1.29, 1.82) is 0 Å². The van der Waals surface area contributed by atoms with Crippen LogP contribution in [0.4, 0.5) is 8.78 Å². The van der Waals surface area contributed by atoms with Crippen LogP contribution in [0.15, 0.2) is 46.9 Å². The number of hydrogen-bond acceptors (Lipinski definition) is 2. The highest BCUT2D eigenvalue weighted by molar-refractivity contribution is 9.10. The van der Waals surface area contributed by atoms with Crippen molar-refractivity contribution in [2.75, 3.05) is 0 Å². The molecule has 110 valence electrons. The van der Waals surface area contributed by atoms with Gasteiger partial charge in [-0.05, 0) is 36.8 Å². The Bertz CT molecular complexity index is 658. The molecule has 2 aromatic rings. The second-order valence-corrected chi connectivity index (χ2v) is 5.39. The third-order valence-corrected chi connectivity index (χ3v) is 3.79. The molecule has 0 heterocycles. The van der Waals surface area contributed by atoms with Gasteiger partial charge in [0.2, 0.25) is 0 Å². The molecule has 0 N–H and O–H groups in total. The summed E-state index contributed by atoms with van der Waals surface area (Å²) >= 11 is 3.39. The molecular weight excluding hydrogens is 342 g/mol. The summed E-state index contributed by atoms with van der Waals surface area (Å²) in [5.41, 5.74) is 0.996. The Labute approximate surface area is 129 Å². The Morgan fingerprint density at radius 1 is 1.19 bits per heavy atom. The van der Waals surface area contributed by atoms with Crippen molar-refractivity contribution in [2.24, 2.45) is 0 Å². The summed E-state index contributed by atoms with van der Waals surface area (Å²) in [4.78, 5) is 12.1. The fourth-order valence-electron chi connectivity index (χ4n) is 1.79. The molecule has 0 radical (unpaired) electrons. The average molecular weight is 355 g/mol. The van der Waals surface area contributed by atoms with Crippen molar-refractivity contribution in [3.05, 3.63) is 69.7 Å². The molecule has 1 atom stereocenters. The topological polar surface area (TPSA) is 26.3 Å². The van der Waals surface area contributed by atoms with E-state index in [0.29, 0.717) is 0 Å². The van der Waals surface area contributed by atoms with E-state index in [9.17, 15) is 13.6 Å². The van der Waals surface area contributed by atoms with Crippen LogP contribution in [0.25, 0.3) is 0 Å². The maximum atomic E-state index is 13.1. The van der Waals surface area contributed by atoms with Crippen molar-refractivity contribution in [3.63, 3.8) is 0 Å². The highest BCUT2D eigenvalue weighted by Crippen LogP contribution is 2.18. The van der Waals surface area contributed by atoms with Crippen molar-refractivity contribution in [1.82, 2.24) is 0 Å². The Morgan fingerprint density at radius 2 is 1.90 bits per heavy atom. The maximum Gasteiger partial charge on any atom is 0.191 e. The molecule has 0 aromatic heterocycles. The lowest BCUT2D eigenvalue weighted by Gasteiger charge is -2.13. The fraction of sp³-hybridized carbons (Fsp3) is 0.188. The van der Waals surface area contributed by atoms with E-state index in [-0.39, 0.29) is 18.0 Å². The summed E-state index contributed by atoms with van der Waals surface area (Å²) in [6.07, 6.45) is -0.748. The van der Waals surface area contributed by atoms with E-state index in [4.69, 9.17) is 4.74 Å². The lowest BCUT2D eigenvalue weighted by molar-refractivity contribution is 0.0410. The van der Waals surface area contributed by atoms with E-state index in [1.165, 1.54) is 6.07 Å². The van der Waals surface area contributed by atoms with Crippen LogP contribution >= 0.6 is 15.9 Å². The molecule has 21 heavy (non-hydrogen) atoms. The van der Waals surface area contributed by atoms with Gasteiger partial charge in [0.05, 0.1) is 6.61 Å². The van der Waals surface area contributed by atoms with Crippen LogP contribution in [0.3, 0.4) is 0 Å². The third kappa shape index (κ3) is 3.95. The van der Waals surface area contributed by atoms with Gasteiger partial charge >= 0.3 is 0 Å². The first-order valence-corrected chi connectivity index (χ1v) is 7.12. The predicted octanol–water partition coefficient (Wildman–Crippen LogP) is 4.52. The predicted molar refractivity (Wildman–Crippen MR) is 79.1 cm³/mol. The minimum atomic E-state index is -1.04. The summed E-state index contributed by atoms with van der Waals surface area (Å²) in [6.45, 7) is 1.83. The normalized spacial score (nSPS) is 12.2. The van der Waals surface area contributed by atoms with Crippen molar-refractivity contribution >= 4 is 21.7 Å². The Morgan fingerprint density at radius 3 is 2.57 bits per heavy atom. The molecule has 0 amide bonds. The van der Waals surface area contributed by atoms with Gasteiger partial charge in [0, 0.05) is 10.0 Å². The quantitative estimate of drug-likeness (QED) is 0.738. The number of Topliss-reactive ketones (excluding diaryl/α,β-unsaturated/α-hetero) is 1. The molecule has 0 fully saturated rings. The van der Waals surface area contributed by atoms with E-state index < -0.39 is 17.7 Å². The monoisotopic (exact) mass is 354 g/mol. The molecule has 2 aromatic carbocycles. The van der Waals surface area contributed by atoms with Gasteiger partial charge in [0.1, 0.15) is 6.10 Å². The SMILES string of the molecule is CC(OCc1ccccc1Br)C(=O)c1ccc(F)c(F)c1. The van der Waals surface area contributed by atoms with E-state index in [1.807, 2.05) is 24.3 Å². The maximum absolute atomic E-state index is 13.1. The van der Waals surface area contributed by atoms with Crippen LogP contribution in [0.1, 0.15) is 22.8 Å². The Hall–Kier alpha value is -1.59. The lowest BCUT2D eigenvalue weighted by atomic mass is 10.1. The van der Waals surface area contributed by atoms with Gasteiger partial charge in [0.25, 0.3) is 0 Å². The van der Waals surface area contributed by atoms with E-state index in [1.54, 1.807) is 6.92 Å². The standard InChI is InChI=1S/C16H13BrF2O2/c1-10(21-9-12-4-2-3-5-13(12)17)16(20)11-6-7-14(18)15(19)8-11/h2-8,10H,9H2,1H3. The minimum Gasteiger partial charge on any atom is -0.366 e. The Kier molecular flexibility index (Phi) is 5.20. The zero-order valence-electron chi connectivity index (χ0n) is 11.3. The second-order valence-electron chi connectivity index (χ2n) is 4.54. The van der Waals surface area contributed by atoms with Crippen LogP contribution in [-0.4, -0.2) is 11.9 Å². The number of carbonyl (C=O) groups excluding carboxylic acids is 1. The number of hydrogen-bond donors (Lipinski definition) is 0. The van der Waals surface area contributed by atoms with Gasteiger partial charge in [-0.15, -0.1) is 0 Å². The highest BCUT2D eigenvalue weighted by atomic mass is 79.9. The van der Waals surface area contributed by atoms with E-state index in [0.717, 1.165) is 22.2 Å². The van der Waals surface area contributed by atoms with E-state index in [2.05, 4.69) is 15.9 Å². The zero-order valence-corrected chi connectivity index (χ0v) is 12.9. The number of ether oxygens (including phenoxy) is 1. The van der Waals surface area contributed by atoms with Gasteiger partial charge in [-0.1, -0.05) is 34.1 Å². The van der Waals surface area contributed by atoms with Crippen LogP contribution in [0.5, 0.6) is 0 Å². The summed E-state index contributed by atoms with van der Waals surface area (Å²) in [6, 6.07) is 10.6. The van der Waals surface area contributed by atoms with Gasteiger partial charge in [-0.25, -0.2) is 8.78 Å². The largest absolute Gasteiger partial charge is 0.366 e. The number of rotatable bonds is 5. The molecule has 0 spiro atoms. The molecule has 0 bridgehead atoms. The number of halogens is 3. The molecule has 1 unspecified atom stereocenters. The second kappa shape index (κ2) is 6.91. The lowest BCUT2D eigenvalue weighted by Crippen LogP contribution is -2.21. The van der Waals surface area contributed by atoms with Crippen molar-refractivity contribution in [2.45, 2.75) is 19.6 Å². The Balaban J connectivity index is 2.03. The number of carbonyl (C=O) groups is 1. The number of ketones is 1. The summed E-state index contributed by atoms with van der Waals surface area (Å²) < 4.78 is 32.4. The molecule has 0 aliphatic carbocycles. The molecule has 0 aliphatic rings. The summed E-state index contributed by atoms with van der Waals surface area (Å²) in [7, 11) is 0. The van der Waals surface area contributed by atoms with Crippen LogP contribution in [0, 0.1) is 11.6 Å². The van der Waals surface area contributed by atoms with Crippen LogP contribution < -0.4 is 0 Å². The van der Waals surface area contributed by atoms with Crippen molar-refractivity contribution < 1.29 is 18.3 Å². The smallest absolute Gasteiger partial charge is 0.191 e. The third-order valence-electron chi connectivity index (χ3n) is 3.02.